The Balaban J connectivity index is 1.58. The van der Waals surface area contributed by atoms with Gasteiger partial charge in [0.05, 0.1) is 30.0 Å². The van der Waals surface area contributed by atoms with Crippen molar-refractivity contribution < 1.29 is 9.53 Å². The summed E-state index contributed by atoms with van der Waals surface area (Å²) in [6.07, 6.45) is 1.61. The molecule has 1 fully saturated rings. The molecule has 6 heteroatoms. The number of hydrazone groups is 1. The number of nitrogens with zero attached hydrogens (tertiary/aromatic N) is 2. The van der Waals surface area contributed by atoms with E-state index in [9.17, 15) is 4.79 Å². The number of halogens is 1. The third-order valence-electron chi connectivity index (χ3n) is 3.77. The summed E-state index contributed by atoms with van der Waals surface area (Å²) in [6.45, 7) is 3.33. The molecular formula is C18H18ClN3O2. The van der Waals surface area contributed by atoms with E-state index in [2.05, 4.69) is 15.4 Å². The third kappa shape index (κ3) is 4.13. The highest BCUT2D eigenvalue weighted by molar-refractivity contribution is 6.33. The maximum absolute atomic E-state index is 12.0. The van der Waals surface area contributed by atoms with Gasteiger partial charge in [-0.1, -0.05) is 35.9 Å². The van der Waals surface area contributed by atoms with Gasteiger partial charge >= 0.3 is 0 Å². The molecule has 2 aromatic carbocycles. The van der Waals surface area contributed by atoms with Gasteiger partial charge in [0.1, 0.15) is 0 Å². The van der Waals surface area contributed by atoms with Crippen LogP contribution in [0.1, 0.15) is 15.9 Å². The van der Waals surface area contributed by atoms with Crippen LogP contribution in [0.4, 0.5) is 5.69 Å². The lowest BCUT2D eigenvalue weighted by molar-refractivity contribution is 0.0955. The number of carbonyl (C=O) groups excluding carboxylic acids is 1. The molecule has 124 valence electrons. The number of rotatable bonds is 4. The molecular weight excluding hydrogens is 326 g/mol. The number of nitrogens with one attached hydrogen (secondary N) is 1. The number of carbonyl (C=O) groups is 1. The molecule has 1 N–H and O–H groups in total. The second-order valence-corrected chi connectivity index (χ2v) is 5.78. The molecule has 0 atom stereocenters. The number of benzene rings is 2. The molecule has 1 amide bonds. The maximum atomic E-state index is 12.0. The van der Waals surface area contributed by atoms with Crippen molar-refractivity contribution in [3.8, 4) is 0 Å². The van der Waals surface area contributed by atoms with Gasteiger partial charge in [0, 0.05) is 18.8 Å². The average molecular weight is 344 g/mol. The minimum atomic E-state index is -0.332. The Morgan fingerprint density at radius 1 is 1.12 bits per heavy atom. The number of morpholine rings is 1. The molecule has 0 aliphatic carbocycles. The highest BCUT2D eigenvalue weighted by atomic mass is 35.5. The number of amides is 1. The molecule has 1 aliphatic heterocycles. The van der Waals surface area contributed by atoms with Gasteiger partial charge in [0.2, 0.25) is 0 Å². The van der Waals surface area contributed by atoms with Crippen molar-refractivity contribution in [2.45, 2.75) is 0 Å². The van der Waals surface area contributed by atoms with Crippen molar-refractivity contribution in [2.24, 2.45) is 5.10 Å². The van der Waals surface area contributed by atoms with Crippen LogP contribution in [-0.4, -0.2) is 38.4 Å². The Hall–Kier alpha value is -2.37. The Morgan fingerprint density at radius 2 is 1.83 bits per heavy atom. The predicted octanol–water partition coefficient (Wildman–Crippen LogP) is 2.94. The molecule has 5 nitrogen and oxygen atoms in total. The van der Waals surface area contributed by atoms with Crippen molar-refractivity contribution in [3.05, 3.63) is 64.7 Å². The van der Waals surface area contributed by atoms with Gasteiger partial charge in [-0.2, -0.15) is 5.10 Å². The highest BCUT2D eigenvalue weighted by Crippen LogP contribution is 2.16. The first-order valence-corrected chi connectivity index (χ1v) is 8.12. The Labute approximate surface area is 145 Å². The van der Waals surface area contributed by atoms with Crippen LogP contribution in [-0.2, 0) is 4.74 Å². The van der Waals surface area contributed by atoms with E-state index in [0.717, 1.165) is 37.6 Å². The zero-order chi connectivity index (χ0) is 16.8. The first kappa shape index (κ1) is 16.5. The van der Waals surface area contributed by atoms with E-state index in [1.54, 1.807) is 30.5 Å². The zero-order valence-electron chi connectivity index (χ0n) is 13.1. The van der Waals surface area contributed by atoms with E-state index in [4.69, 9.17) is 16.3 Å². The minimum Gasteiger partial charge on any atom is -0.378 e. The largest absolute Gasteiger partial charge is 0.378 e. The standard InChI is InChI=1S/C18H18ClN3O2/c19-17-4-2-1-3-16(17)18(23)21-20-13-14-5-7-15(8-6-14)22-9-11-24-12-10-22/h1-8,13H,9-12H2,(H,21,23)/b20-13-. The fraction of sp³-hybridized carbons (Fsp3) is 0.222. The van der Waals surface area contributed by atoms with Crippen molar-refractivity contribution >= 4 is 29.4 Å². The number of hydrogen-bond acceptors (Lipinski definition) is 4. The van der Waals surface area contributed by atoms with Crippen molar-refractivity contribution in [2.75, 3.05) is 31.2 Å². The quantitative estimate of drug-likeness (QED) is 0.686. The number of anilines is 1. The van der Waals surface area contributed by atoms with Crippen molar-refractivity contribution in [1.82, 2.24) is 5.43 Å². The smallest absolute Gasteiger partial charge is 0.272 e. The summed E-state index contributed by atoms with van der Waals surface area (Å²) < 4.78 is 5.35. The molecule has 0 bridgehead atoms. The summed E-state index contributed by atoms with van der Waals surface area (Å²) in [4.78, 5) is 14.3. The maximum Gasteiger partial charge on any atom is 0.272 e. The topological polar surface area (TPSA) is 53.9 Å². The van der Waals surface area contributed by atoms with Crippen LogP contribution in [0.5, 0.6) is 0 Å². The second-order valence-electron chi connectivity index (χ2n) is 5.37. The molecule has 1 saturated heterocycles. The SMILES string of the molecule is O=C(N/N=C\c1ccc(N2CCOCC2)cc1)c1ccccc1Cl. The lowest BCUT2D eigenvalue weighted by Gasteiger charge is -2.28. The molecule has 1 aliphatic rings. The van der Waals surface area contributed by atoms with Crippen LogP contribution in [0.25, 0.3) is 0 Å². The molecule has 0 spiro atoms. The van der Waals surface area contributed by atoms with Crippen molar-refractivity contribution in [1.29, 1.82) is 0 Å². The average Bonchev–Trinajstić information content (AvgIpc) is 2.63. The molecule has 0 saturated carbocycles. The van der Waals surface area contributed by atoms with Gasteiger partial charge in [0.25, 0.3) is 5.91 Å². The summed E-state index contributed by atoms with van der Waals surface area (Å²) in [7, 11) is 0. The third-order valence-corrected chi connectivity index (χ3v) is 4.10. The molecule has 3 rings (SSSR count). The molecule has 1 heterocycles. The van der Waals surface area contributed by atoms with Gasteiger partial charge in [-0.05, 0) is 29.8 Å². The normalized spacial score (nSPS) is 14.8. The summed E-state index contributed by atoms with van der Waals surface area (Å²) >= 11 is 5.98. The van der Waals surface area contributed by atoms with E-state index >= 15 is 0 Å². The van der Waals surface area contributed by atoms with Gasteiger partial charge in [0.15, 0.2) is 0 Å². The zero-order valence-corrected chi connectivity index (χ0v) is 13.9. The Morgan fingerprint density at radius 3 is 2.54 bits per heavy atom. The fourth-order valence-electron chi connectivity index (χ4n) is 2.46. The van der Waals surface area contributed by atoms with Gasteiger partial charge < -0.3 is 9.64 Å². The lowest BCUT2D eigenvalue weighted by atomic mass is 10.2. The Kier molecular flexibility index (Phi) is 5.46. The van der Waals surface area contributed by atoms with Gasteiger partial charge in [-0.3, -0.25) is 4.79 Å². The summed E-state index contributed by atoms with van der Waals surface area (Å²) in [5, 5.41) is 4.39. The van der Waals surface area contributed by atoms with E-state index < -0.39 is 0 Å². The summed E-state index contributed by atoms with van der Waals surface area (Å²) in [6, 6.07) is 14.9. The van der Waals surface area contributed by atoms with Crippen LogP contribution in [0.3, 0.4) is 0 Å². The molecule has 24 heavy (non-hydrogen) atoms. The van der Waals surface area contributed by atoms with E-state index in [1.165, 1.54) is 0 Å². The molecule has 0 radical (unpaired) electrons. The van der Waals surface area contributed by atoms with E-state index in [0.29, 0.717) is 10.6 Å². The number of hydrogen-bond donors (Lipinski definition) is 1. The summed E-state index contributed by atoms with van der Waals surface area (Å²) in [5.74, 6) is -0.332. The van der Waals surface area contributed by atoms with Gasteiger partial charge in [-0.25, -0.2) is 5.43 Å². The fourth-order valence-corrected chi connectivity index (χ4v) is 2.69. The van der Waals surface area contributed by atoms with Gasteiger partial charge in [-0.15, -0.1) is 0 Å². The minimum absolute atomic E-state index is 0.332. The first-order chi connectivity index (χ1) is 11.7. The van der Waals surface area contributed by atoms with Crippen LogP contribution >= 0.6 is 11.6 Å². The second kappa shape index (κ2) is 7.95. The highest BCUT2D eigenvalue weighted by Gasteiger charge is 2.10. The molecule has 2 aromatic rings. The first-order valence-electron chi connectivity index (χ1n) is 7.75. The predicted molar refractivity (Wildman–Crippen MR) is 96.0 cm³/mol. The molecule has 0 unspecified atom stereocenters. The monoisotopic (exact) mass is 343 g/mol. The number of ether oxygens (including phenoxy) is 1. The van der Waals surface area contributed by atoms with Crippen molar-refractivity contribution in [3.63, 3.8) is 0 Å². The van der Waals surface area contributed by atoms with Crippen LogP contribution in [0.2, 0.25) is 5.02 Å². The van der Waals surface area contributed by atoms with Crippen LogP contribution in [0.15, 0.2) is 53.6 Å². The summed E-state index contributed by atoms with van der Waals surface area (Å²) in [5.41, 5.74) is 4.96. The van der Waals surface area contributed by atoms with Crippen LogP contribution < -0.4 is 10.3 Å². The Bertz CT molecular complexity index is 725. The van der Waals surface area contributed by atoms with E-state index in [-0.39, 0.29) is 5.91 Å². The molecule has 0 aromatic heterocycles. The van der Waals surface area contributed by atoms with Crippen LogP contribution in [0, 0.1) is 0 Å². The van der Waals surface area contributed by atoms with E-state index in [1.807, 2.05) is 24.3 Å². The lowest BCUT2D eigenvalue weighted by Crippen LogP contribution is -2.36.